The Hall–Kier alpha value is -1.41. The highest BCUT2D eigenvalue weighted by molar-refractivity contribution is 6.18. The summed E-state index contributed by atoms with van der Waals surface area (Å²) in [5.41, 5.74) is 1.11. The summed E-state index contributed by atoms with van der Waals surface area (Å²) in [6.07, 6.45) is 3.50. The first-order valence-corrected chi connectivity index (χ1v) is 8.15. The van der Waals surface area contributed by atoms with Crippen LogP contribution in [0.25, 0.3) is 10.8 Å². The monoisotopic (exact) mass is 306 g/mol. The zero-order valence-corrected chi connectivity index (χ0v) is 13.6. The van der Waals surface area contributed by atoms with Gasteiger partial charge in [-0.05, 0) is 25.0 Å². The molecule has 2 aromatic rings. The Balaban J connectivity index is 2.30. The van der Waals surface area contributed by atoms with Crippen molar-refractivity contribution in [2.75, 3.05) is 19.1 Å². The van der Waals surface area contributed by atoms with Crippen molar-refractivity contribution >= 4 is 22.4 Å². The van der Waals surface area contributed by atoms with E-state index < -0.39 is 0 Å². The van der Waals surface area contributed by atoms with Gasteiger partial charge in [0, 0.05) is 10.8 Å². The van der Waals surface area contributed by atoms with Crippen molar-refractivity contribution < 1.29 is 9.47 Å². The van der Waals surface area contributed by atoms with Gasteiger partial charge in [0.05, 0.1) is 12.5 Å². The molecule has 0 aliphatic rings. The molecule has 2 nitrogen and oxygen atoms in total. The van der Waals surface area contributed by atoms with Crippen LogP contribution in [0.5, 0.6) is 11.5 Å². The maximum absolute atomic E-state index is 6.03. The number of unbranched alkanes of at least 4 members (excludes halogenated alkanes) is 2. The second kappa shape index (κ2) is 8.14. The molecule has 0 aliphatic carbocycles. The molecule has 0 spiro atoms. The number of ether oxygens (including phenoxy) is 2. The number of fused-ring (bicyclic) bond motifs is 1. The van der Waals surface area contributed by atoms with E-state index in [9.17, 15) is 0 Å². The molecule has 0 radical (unpaired) electrons. The molecule has 0 saturated carbocycles. The van der Waals surface area contributed by atoms with Gasteiger partial charge in [-0.25, -0.2) is 0 Å². The van der Waals surface area contributed by atoms with Crippen LogP contribution in [0.4, 0.5) is 0 Å². The summed E-state index contributed by atoms with van der Waals surface area (Å²) in [4.78, 5) is 0. The van der Waals surface area contributed by atoms with Crippen LogP contribution in [-0.4, -0.2) is 19.1 Å². The molecule has 0 N–H and O–H groups in total. The molecule has 0 heterocycles. The van der Waals surface area contributed by atoms with Crippen LogP contribution in [0, 0.1) is 6.92 Å². The molecule has 21 heavy (non-hydrogen) atoms. The highest BCUT2D eigenvalue weighted by Gasteiger charge is 2.11. The standard InChI is InChI=1S/C18H23ClO2/c1-3-4-7-11-21-18-14(2)13-17(20-12-10-19)15-8-5-6-9-16(15)18/h5-6,8-9,13H,3-4,7,10-12H2,1-2H3. The summed E-state index contributed by atoms with van der Waals surface area (Å²) in [5, 5.41) is 2.19. The van der Waals surface area contributed by atoms with Gasteiger partial charge in [-0.15, -0.1) is 11.6 Å². The summed E-state index contributed by atoms with van der Waals surface area (Å²) in [6.45, 7) is 5.54. The normalized spacial score (nSPS) is 10.8. The fourth-order valence-electron chi connectivity index (χ4n) is 2.43. The van der Waals surface area contributed by atoms with Gasteiger partial charge in [0.25, 0.3) is 0 Å². The molecule has 0 fully saturated rings. The average Bonchev–Trinajstić information content (AvgIpc) is 2.51. The van der Waals surface area contributed by atoms with Gasteiger partial charge in [-0.3, -0.25) is 0 Å². The van der Waals surface area contributed by atoms with Gasteiger partial charge in [0.15, 0.2) is 0 Å². The van der Waals surface area contributed by atoms with Crippen molar-refractivity contribution in [3.63, 3.8) is 0 Å². The van der Waals surface area contributed by atoms with Crippen molar-refractivity contribution in [3.8, 4) is 11.5 Å². The van der Waals surface area contributed by atoms with Crippen molar-refractivity contribution in [1.82, 2.24) is 0 Å². The number of alkyl halides is 1. The summed E-state index contributed by atoms with van der Waals surface area (Å²) in [5.74, 6) is 2.34. The molecule has 0 atom stereocenters. The van der Waals surface area contributed by atoms with Gasteiger partial charge in [-0.1, -0.05) is 44.0 Å². The quantitative estimate of drug-likeness (QED) is 0.484. The first-order valence-electron chi connectivity index (χ1n) is 7.61. The number of halogens is 1. The predicted octanol–water partition coefficient (Wildman–Crippen LogP) is 5.33. The van der Waals surface area contributed by atoms with E-state index in [1.54, 1.807) is 0 Å². The van der Waals surface area contributed by atoms with Crippen LogP contribution in [-0.2, 0) is 0 Å². The SMILES string of the molecule is CCCCCOc1c(C)cc(OCCCl)c2ccccc12. The fourth-order valence-corrected chi connectivity index (χ4v) is 2.51. The third-order valence-electron chi connectivity index (χ3n) is 3.47. The van der Waals surface area contributed by atoms with Crippen molar-refractivity contribution in [2.24, 2.45) is 0 Å². The van der Waals surface area contributed by atoms with Gasteiger partial charge in [0.1, 0.15) is 18.1 Å². The minimum absolute atomic E-state index is 0.489. The van der Waals surface area contributed by atoms with Gasteiger partial charge in [0.2, 0.25) is 0 Å². The zero-order valence-electron chi connectivity index (χ0n) is 12.8. The number of aryl methyl sites for hydroxylation is 1. The maximum atomic E-state index is 6.03. The smallest absolute Gasteiger partial charge is 0.130 e. The van der Waals surface area contributed by atoms with Crippen molar-refractivity contribution in [3.05, 3.63) is 35.9 Å². The lowest BCUT2D eigenvalue weighted by molar-refractivity contribution is 0.306. The summed E-state index contributed by atoms with van der Waals surface area (Å²) < 4.78 is 11.8. The maximum Gasteiger partial charge on any atom is 0.130 e. The molecule has 0 saturated heterocycles. The molecule has 0 bridgehead atoms. The number of hydrogen-bond donors (Lipinski definition) is 0. The molecular formula is C18H23ClO2. The van der Waals surface area contributed by atoms with Crippen LogP contribution in [0.2, 0.25) is 0 Å². The molecule has 2 rings (SSSR count). The lowest BCUT2D eigenvalue weighted by atomic mass is 10.0. The largest absolute Gasteiger partial charge is 0.493 e. The van der Waals surface area contributed by atoms with E-state index in [2.05, 4.69) is 26.0 Å². The van der Waals surface area contributed by atoms with Crippen LogP contribution >= 0.6 is 11.6 Å². The predicted molar refractivity (Wildman–Crippen MR) is 89.9 cm³/mol. The lowest BCUT2D eigenvalue weighted by Crippen LogP contribution is -2.02. The van der Waals surface area contributed by atoms with Crippen LogP contribution in [0.15, 0.2) is 30.3 Å². The van der Waals surface area contributed by atoms with E-state index >= 15 is 0 Å². The Labute approximate surface area is 132 Å². The van der Waals surface area contributed by atoms with Crippen LogP contribution in [0.1, 0.15) is 31.7 Å². The van der Waals surface area contributed by atoms with E-state index in [1.807, 2.05) is 18.2 Å². The van der Waals surface area contributed by atoms with Gasteiger partial charge >= 0.3 is 0 Å². The Bertz CT molecular complexity index is 581. The number of hydrogen-bond acceptors (Lipinski definition) is 2. The molecule has 0 aliphatic heterocycles. The van der Waals surface area contributed by atoms with Gasteiger partial charge < -0.3 is 9.47 Å². The Kier molecular flexibility index (Phi) is 6.19. The van der Waals surface area contributed by atoms with Crippen LogP contribution < -0.4 is 9.47 Å². The summed E-state index contributed by atoms with van der Waals surface area (Å²) in [7, 11) is 0. The molecule has 3 heteroatoms. The fraction of sp³-hybridized carbons (Fsp3) is 0.444. The molecule has 2 aromatic carbocycles. The molecule has 0 amide bonds. The second-order valence-corrected chi connectivity index (χ2v) is 5.54. The van der Waals surface area contributed by atoms with E-state index in [-0.39, 0.29) is 0 Å². The Morgan fingerprint density at radius 3 is 2.48 bits per heavy atom. The topological polar surface area (TPSA) is 18.5 Å². The zero-order chi connectivity index (χ0) is 15.1. The lowest BCUT2D eigenvalue weighted by Gasteiger charge is -2.16. The second-order valence-electron chi connectivity index (χ2n) is 5.16. The minimum atomic E-state index is 0.489. The highest BCUT2D eigenvalue weighted by Crippen LogP contribution is 2.36. The summed E-state index contributed by atoms with van der Waals surface area (Å²) in [6, 6.07) is 10.3. The van der Waals surface area contributed by atoms with Crippen molar-refractivity contribution in [2.45, 2.75) is 33.1 Å². The number of benzene rings is 2. The first-order chi connectivity index (χ1) is 10.3. The highest BCUT2D eigenvalue weighted by atomic mass is 35.5. The third-order valence-corrected chi connectivity index (χ3v) is 3.63. The number of rotatable bonds is 8. The van der Waals surface area contributed by atoms with Gasteiger partial charge in [-0.2, -0.15) is 0 Å². The Morgan fingerprint density at radius 2 is 1.76 bits per heavy atom. The first kappa shape index (κ1) is 16.0. The van der Waals surface area contributed by atoms with E-state index in [0.29, 0.717) is 12.5 Å². The third kappa shape index (κ3) is 4.04. The van der Waals surface area contributed by atoms with E-state index in [1.165, 1.54) is 12.8 Å². The van der Waals surface area contributed by atoms with E-state index in [4.69, 9.17) is 21.1 Å². The molecule has 0 aromatic heterocycles. The van der Waals surface area contributed by atoms with E-state index in [0.717, 1.165) is 40.9 Å². The minimum Gasteiger partial charge on any atom is -0.493 e. The Morgan fingerprint density at radius 1 is 1.00 bits per heavy atom. The average molecular weight is 307 g/mol. The molecule has 0 unspecified atom stereocenters. The van der Waals surface area contributed by atoms with Crippen molar-refractivity contribution in [1.29, 1.82) is 0 Å². The van der Waals surface area contributed by atoms with Crippen LogP contribution in [0.3, 0.4) is 0 Å². The molecular weight excluding hydrogens is 284 g/mol. The molecule has 114 valence electrons. The summed E-state index contributed by atoms with van der Waals surface area (Å²) >= 11 is 5.72.